The lowest BCUT2D eigenvalue weighted by atomic mass is 9.51. The van der Waals surface area contributed by atoms with Gasteiger partial charge in [0, 0.05) is 34.3 Å². The summed E-state index contributed by atoms with van der Waals surface area (Å²) in [5, 5.41) is 17.4. The van der Waals surface area contributed by atoms with Gasteiger partial charge >= 0.3 is 12.4 Å². The number of allylic oxidation sites excluding steroid dienone is 2. The van der Waals surface area contributed by atoms with Crippen LogP contribution in [0.2, 0.25) is 5.02 Å². The number of aromatic nitrogens is 2. The van der Waals surface area contributed by atoms with Gasteiger partial charge in [-0.05, 0) is 80.0 Å². The zero-order valence-corrected chi connectivity index (χ0v) is 29.7. The summed E-state index contributed by atoms with van der Waals surface area (Å²) in [6, 6.07) is 8.71. The van der Waals surface area contributed by atoms with E-state index in [9.17, 15) is 42.3 Å². The van der Waals surface area contributed by atoms with Gasteiger partial charge in [0.15, 0.2) is 0 Å². The van der Waals surface area contributed by atoms with E-state index in [1.54, 1.807) is 25.3 Å². The van der Waals surface area contributed by atoms with Crippen LogP contribution in [0.4, 0.5) is 23.8 Å². The first-order chi connectivity index (χ1) is 24.9. The minimum atomic E-state index is -5.09. The van der Waals surface area contributed by atoms with E-state index in [1.807, 2.05) is 19.1 Å². The first kappa shape index (κ1) is 34.8. The van der Waals surface area contributed by atoms with Crippen molar-refractivity contribution < 1.29 is 47.0 Å². The average molecular weight is 768 g/mol. The van der Waals surface area contributed by atoms with E-state index in [0.29, 0.717) is 21.2 Å². The number of hydrogen-bond acceptors (Lipinski definition) is 9. The molecule has 53 heavy (non-hydrogen) atoms. The Morgan fingerprint density at radius 3 is 2.51 bits per heavy atom. The Morgan fingerprint density at radius 2 is 1.81 bits per heavy atom. The number of carbonyl (C=O) groups excluding carboxylic acids is 5. The first-order valence-electron chi connectivity index (χ1n) is 16.5. The summed E-state index contributed by atoms with van der Waals surface area (Å²) >= 11 is 7.70. The summed E-state index contributed by atoms with van der Waals surface area (Å²) in [5.74, 6) is -9.60. The monoisotopic (exact) mass is 767 g/mol. The van der Waals surface area contributed by atoms with E-state index >= 15 is 0 Å². The Balaban J connectivity index is 1.27. The second-order valence-electron chi connectivity index (χ2n) is 14.0. The molecule has 3 fully saturated rings. The smallest absolute Gasteiger partial charge is 0.508 e. The van der Waals surface area contributed by atoms with Crippen molar-refractivity contribution in [2.45, 2.75) is 39.0 Å². The molecule has 0 radical (unpaired) electrons. The number of halogens is 4. The van der Waals surface area contributed by atoms with Crippen LogP contribution in [0.25, 0.3) is 20.7 Å². The predicted octanol–water partition coefficient (Wildman–Crippen LogP) is 6.18. The SMILES string of the molecule is Cc1c(-c2cc(N3C(=O)C4CC5C(=CCC6C(=O)N(C(N)=O)C(=O)C65)C(c5cc(OC(F)(F)F)ccc5O)C4(C)C3=O)n(C)n2)sc2ccc(Cl)cc12. The number of rotatable bonds is 4. The normalized spacial score (nSPS) is 26.9. The van der Waals surface area contributed by atoms with Crippen LogP contribution in [0.15, 0.2) is 54.1 Å². The molecule has 2 aliphatic carbocycles. The van der Waals surface area contributed by atoms with Crippen molar-refractivity contribution in [1.29, 1.82) is 0 Å². The summed E-state index contributed by atoms with van der Waals surface area (Å²) in [4.78, 5) is 70.8. The number of aromatic hydroxyl groups is 1. The molecule has 12 nitrogen and oxygen atoms in total. The van der Waals surface area contributed by atoms with E-state index in [4.69, 9.17) is 17.3 Å². The molecule has 2 aliphatic heterocycles. The lowest BCUT2D eigenvalue weighted by molar-refractivity contribution is -0.274. The van der Waals surface area contributed by atoms with Crippen LogP contribution in [0.5, 0.6) is 11.5 Å². The fourth-order valence-electron chi connectivity index (χ4n) is 8.97. The maximum atomic E-state index is 14.9. The second kappa shape index (κ2) is 11.6. The predicted molar refractivity (Wildman–Crippen MR) is 185 cm³/mol. The van der Waals surface area contributed by atoms with Crippen molar-refractivity contribution in [3.63, 3.8) is 0 Å². The molecule has 4 heterocycles. The zero-order chi connectivity index (χ0) is 38.0. The number of alkyl halides is 3. The maximum absolute atomic E-state index is 14.9. The maximum Gasteiger partial charge on any atom is 0.573 e. The summed E-state index contributed by atoms with van der Waals surface area (Å²) < 4.78 is 46.7. The number of phenolic OH excluding ortho intramolecular Hbond substituents is 1. The van der Waals surface area contributed by atoms with Crippen molar-refractivity contribution >= 4 is 68.5 Å². The number of urea groups is 1. The molecule has 4 aliphatic rings. The summed E-state index contributed by atoms with van der Waals surface area (Å²) in [7, 11) is 1.57. The minimum Gasteiger partial charge on any atom is -0.508 e. The minimum absolute atomic E-state index is 0.0573. The molecule has 0 spiro atoms. The number of anilines is 1. The lowest BCUT2D eigenvalue weighted by Gasteiger charge is -2.49. The van der Waals surface area contributed by atoms with Gasteiger partial charge in [0.25, 0.3) is 0 Å². The van der Waals surface area contributed by atoms with E-state index in [0.717, 1.165) is 43.6 Å². The molecule has 2 saturated heterocycles. The molecular formula is C36H29ClF3N5O7S. The van der Waals surface area contributed by atoms with E-state index < -0.39 is 82.5 Å². The number of benzene rings is 2. The second-order valence-corrected chi connectivity index (χ2v) is 15.5. The van der Waals surface area contributed by atoms with Gasteiger partial charge in [0.2, 0.25) is 23.6 Å². The van der Waals surface area contributed by atoms with Crippen LogP contribution < -0.4 is 15.4 Å². The van der Waals surface area contributed by atoms with Gasteiger partial charge in [0.1, 0.15) is 23.0 Å². The third-order valence-corrected chi connectivity index (χ3v) is 12.8. The number of nitrogens with two attached hydrogens (primary N) is 1. The Labute approximate surface area is 307 Å². The molecule has 2 aromatic heterocycles. The molecule has 6 unspecified atom stereocenters. The summed E-state index contributed by atoms with van der Waals surface area (Å²) in [6.45, 7) is 3.42. The molecule has 8 rings (SSSR count). The highest BCUT2D eigenvalue weighted by Gasteiger charge is 2.68. The number of ether oxygens (including phenoxy) is 1. The van der Waals surface area contributed by atoms with Crippen LogP contribution >= 0.6 is 22.9 Å². The standard InChI is InChI=1S/C36H29ClF3N5O7S/c1-14-19-10-15(37)4-9-25(19)53-29(14)23-13-26(43(3)42-23)44-31(48)22-12-20-17(6-7-18-27(20)32(49)45(30(18)47)34(41)51)28(35(22,2)33(44)50)21-11-16(5-8-24(21)46)52-36(38,39)40/h4-6,8-11,13,18,20,22,27-28,46H,7,12H2,1-3H3,(H2,41,51). The highest BCUT2D eigenvalue weighted by atomic mass is 35.5. The third kappa shape index (κ3) is 5.01. The highest BCUT2D eigenvalue weighted by molar-refractivity contribution is 7.22. The molecular weight excluding hydrogens is 739 g/mol. The number of imide groups is 4. The third-order valence-electron chi connectivity index (χ3n) is 11.3. The zero-order valence-electron chi connectivity index (χ0n) is 28.1. The molecule has 2 aromatic carbocycles. The Hall–Kier alpha value is -5.22. The van der Waals surface area contributed by atoms with Crippen molar-refractivity contribution in [3.05, 3.63) is 70.3 Å². The van der Waals surface area contributed by atoms with Crippen molar-refractivity contribution in [2.24, 2.45) is 41.9 Å². The van der Waals surface area contributed by atoms with Crippen LogP contribution in [-0.4, -0.2) is 55.8 Å². The number of thiophene rings is 1. The fourth-order valence-corrected chi connectivity index (χ4v) is 10.3. The van der Waals surface area contributed by atoms with E-state index in [-0.39, 0.29) is 24.2 Å². The van der Waals surface area contributed by atoms with Gasteiger partial charge < -0.3 is 15.6 Å². The van der Waals surface area contributed by atoms with Gasteiger partial charge in [-0.15, -0.1) is 24.5 Å². The summed E-state index contributed by atoms with van der Waals surface area (Å²) in [6.07, 6.45) is -3.65. The fraction of sp³-hybridized carbons (Fsp3) is 0.333. The first-order valence-corrected chi connectivity index (χ1v) is 17.7. The van der Waals surface area contributed by atoms with Gasteiger partial charge in [-0.2, -0.15) is 10.00 Å². The Bertz CT molecular complexity index is 2370. The van der Waals surface area contributed by atoms with E-state index in [2.05, 4.69) is 9.84 Å². The van der Waals surface area contributed by atoms with Crippen LogP contribution in [0.1, 0.15) is 36.8 Å². The van der Waals surface area contributed by atoms with Crippen LogP contribution in [0.3, 0.4) is 0 Å². The number of nitrogens with zero attached hydrogens (tertiary/aromatic N) is 4. The van der Waals surface area contributed by atoms with Gasteiger partial charge in [-0.1, -0.05) is 23.3 Å². The van der Waals surface area contributed by atoms with Gasteiger partial charge in [-0.3, -0.25) is 23.9 Å². The lowest BCUT2D eigenvalue weighted by Crippen LogP contribution is -2.49. The van der Waals surface area contributed by atoms with Gasteiger partial charge in [0.05, 0.1) is 28.0 Å². The van der Waals surface area contributed by atoms with E-state index in [1.165, 1.54) is 22.9 Å². The molecule has 17 heteroatoms. The quantitative estimate of drug-likeness (QED) is 0.184. The Morgan fingerprint density at radius 1 is 1.08 bits per heavy atom. The van der Waals surface area contributed by atoms with Gasteiger partial charge in [-0.25, -0.2) is 9.69 Å². The Kier molecular flexibility index (Phi) is 7.65. The average Bonchev–Trinajstić information content (AvgIpc) is 3.75. The number of phenols is 1. The highest BCUT2D eigenvalue weighted by Crippen LogP contribution is 2.64. The molecule has 4 aromatic rings. The number of hydrogen-bond donors (Lipinski definition) is 2. The molecule has 274 valence electrons. The molecule has 3 N–H and O–H groups in total. The molecule has 0 bridgehead atoms. The largest absolute Gasteiger partial charge is 0.573 e. The number of primary amides is 1. The van der Waals surface area contributed by atoms with Crippen LogP contribution in [0, 0.1) is 36.0 Å². The van der Waals surface area contributed by atoms with Crippen molar-refractivity contribution in [3.8, 4) is 22.1 Å². The van der Waals surface area contributed by atoms with Crippen molar-refractivity contribution in [2.75, 3.05) is 4.90 Å². The molecule has 1 saturated carbocycles. The number of amides is 6. The van der Waals surface area contributed by atoms with Crippen molar-refractivity contribution in [1.82, 2.24) is 14.7 Å². The number of carbonyl (C=O) groups is 5. The van der Waals surface area contributed by atoms with Crippen LogP contribution in [-0.2, 0) is 26.2 Å². The number of aryl methyl sites for hydroxylation is 2. The topological polar surface area (TPSA) is 165 Å². The molecule has 6 atom stereocenters. The summed E-state index contributed by atoms with van der Waals surface area (Å²) in [5.41, 5.74) is 5.27. The number of likely N-dealkylation sites (tertiary alicyclic amines) is 1. The number of fused-ring (bicyclic) bond motifs is 5. The molecule has 6 amide bonds.